The van der Waals surface area contributed by atoms with Crippen LogP contribution in [-0.4, -0.2) is 9.97 Å². The highest BCUT2D eigenvalue weighted by atomic mass is 35.5. The second-order valence-corrected chi connectivity index (χ2v) is 4.90. The van der Waals surface area contributed by atoms with Crippen LogP contribution in [0.15, 0.2) is 47.7 Å². The molecule has 0 radical (unpaired) electrons. The first-order valence-electron chi connectivity index (χ1n) is 6.11. The molecule has 6 heteroatoms. The number of pyridine rings is 2. The number of aromatic amines is 1. The van der Waals surface area contributed by atoms with Gasteiger partial charge in [0.25, 0.3) is 6.43 Å². The van der Waals surface area contributed by atoms with Gasteiger partial charge >= 0.3 is 0 Å². The molecule has 3 rings (SSSR count). The van der Waals surface area contributed by atoms with E-state index in [4.69, 9.17) is 11.6 Å². The van der Waals surface area contributed by atoms with Crippen molar-refractivity contribution < 1.29 is 8.78 Å². The maximum Gasteiger partial charge on any atom is 0.265 e. The number of aromatic nitrogens is 2. The van der Waals surface area contributed by atoms with Crippen LogP contribution in [0.5, 0.6) is 0 Å². The largest absolute Gasteiger partial charge is 0.360 e. The second kappa shape index (κ2) is 5.26. The summed E-state index contributed by atoms with van der Waals surface area (Å²) in [5.74, 6) is 0. The number of fused-ring (bicyclic) bond motifs is 1. The monoisotopic (exact) mass is 306 g/mol. The number of hydrogen-bond acceptors (Lipinski definition) is 2. The molecular weight excluding hydrogens is 298 g/mol. The lowest BCUT2D eigenvalue weighted by Gasteiger charge is -2.10. The van der Waals surface area contributed by atoms with E-state index in [-0.39, 0.29) is 11.0 Å². The zero-order chi connectivity index (χ0) is 15.0. The molecule has 2 heterocycles. The van der Waals surface area contributed by atoms with Crippen molar-refractivity contribution in [1.82, 2.24) is 9.97 Å². The molecule has 0 saturated heterocycles. The number of rotatable bonds is 2. The van der Waals surface area contributed by atoms with Crippen LogP contribution in [0.3, 0.4) is 0 Å². The topological polar surface area (TPSA) is 45.8 Å². The molecule has 0 aliphatic rings. The number of benzene rings is 1. The van der Waals surface area contributed by atoms with Gasteiger partial charge in [-0.15, -0.1) is 0 Å². The summed E-state index contributed by atoms with van der Waals surface area (Å²) in [5, 5.41) is 0.803. The number of hydrogen-bond donors (Lipinski definition) is 1. The van der Waals surface area contributed by atoms with Gasteiger partial charge in [-0.2, -0.15) is 0 Å². The molecule has 3 nitrogen and oxygen atoms in total. The van der Waals surface area contributed by atoms with Gasteiger partial charge in [-0.3, -0.25) is 9.78 Å². The third-order valence-corrected chi connectivity index (χ3v) is 3.50. The van der Waals surface area contributed by atoms with Crippen molar-refractivity contribution in [2.24, 2.45) is 0 Å². The van der Waals surface area contributed by atoms with E-state index in [0.717, 1.165) is 6.20 Å². The van der Waals surface area contributed by atoms with Gasteiger partial charge in [0.2, 0.25) is 0 Å². The zero-order valence-corrected chi connectivity index (χ0v) is 11.4. The fraction of sp³-hybridized carbons (Fsp3) is 0.0667. The van der Waals surface area contributed by atoms with E-state index in [0.29, 0.717) is 27.1 Å². The third-order valence-electron chi connectivity index (χ3n) is 3.18. The van der Waals surface area contributed by atoms with E-state index in [1.165, 1.54) is 24.5 Å². The molecule has 0 bridgehead atoms. The maximum absolute atomic E-state index is 12.8. The number of H-pyrrole nitrogens is 1. The molecule has 0 aliphatic heterocycles. The average molecular weight is 307 g/mol. The van der Waals surface area contributed by atoms with E-state index >= 15 is 0 Å². The minimum absolute atomic E-state index is 0.167. The van der Waals surface area contributed by atoms with Crippen LogP contribution in [0, 0.1) is 0 Å². The Morgan fingerprint density at radius 2 is 2.00 bits per heavy atom. The van der Waals surface area contributed by atoms with Crippen LogP contribution in [0.1, 0.15) is 12.0 Å². The van der Waals surface area contributed by atoms with Crippen LogP contribution in [0.2, 0.25) is 5.02 Å². The summed E-state index contributed by atoms with van der Waals surface area (Å²) >= 11 is 6.18. The predicted molar refractivity (Wildman–Crippen MR) is 77.8 cm³/mol. The van der Waals surface area contributed by atoms with Crippen LogP contribution in [0.4, 0.5) is 8.78 Å². The Bertz CT molecular complexity index is 877. The van der Waals surface area contributed by atoms with Crippen molar-refractivity contribution >= 4 is 22.5 Å². The molecule has 106 valence electrons. The SMILES string of the molecule is O=c1cc[nH]c2c(-c3cncc(C(F)F)c3)c(Cl)ccc12. The fourth-order valence-electron chi connectivity index (χ4n) is 2.22. The van der Waals surface area contributed by atoms with Gasteiger partial charge in [0.1, 0.15) is 0 Å². The normalized spacial score (nSPS) is 11.2. The highest BCUT2D eigenvalue weighted by molar-refractivity contribution is 6.34. The van der Waals surface area contributed by atoms with E-state index in [9.17, 15) is 13.6 Å². The van der Waals surface area contributed by atoms with E-state index < -0.39 is 6.43 Å². The van der Waals surface area contributed by atoms with Gasteiger partial charge in [0.05, 0.1) is 10.5 Å². The van der Waals surface area contributed by atoms with Gasteiger partial charge in [-0.1, -0.05) is 11.6 Å². The molecule has 0 unspecified atom stereocenters. The Labute approximate surface area is 123 Å². The Kier molecular flexibility index (Phi) is 3.43. The van der Waals surface area contributed by atoms with E-state index in [1.807, 2.05) is 0 Å². The Balaban J connectivity index is 2.34. The molecule has 0 aliphatic carbocycles. The molecule has 21 heavy (non-hydrogen) atoms. The summed E-state index contributed by atoms with van der Waals surface area (Å²) in [7, 11) is 0. The first-order chi connectivity index (χ1) is 10.1. The summed E-state index contributed by atoms with van der Waals surface area (Å²) in [6.07, 6.45) is 1.42. The van der Waals surface area contributed by atoms with Crippen molar-refractivity contribution in [3.05, 3.63) is 63.7 Å². The number of nitrogens with zero attached hydrogens (tertiary/aromatic N) is 1. The zero-order valence-electron chi connectivity index (χ0n) is 10.6. The van der Waals surface area contributed by atoms with Crippen molar-refractivity contribution in [1.29, 1.82) is 0 Å². The lowest BCUT2D eigenvalue weighted by Crippen LogP contribution is -2.01. The first-order valence-corrected chi connectivity index (χ1v) is 6.49. The predicted octanol–water partition coefficient (Wildman–Crippen LogP) is 4.18. The third kappa shape index (κ3) is 2.40. The molecule has 1 N–H and O–H groups in total. The molecule has 2 aromatic heterocycles. The minimum atomic E-state index is -2.62. The molecule has 0 spiro atoms. The van der Waals surface area contributed by atoms with Crippen LogP contribution < -0.4 is 5.43 Å². The Morgan fingerprint density at radius 3 is 2.76 bits per heavy atom. The number of nitrogens with one attached hydrogen (secondary N) is 1. The minimum Gasteiger partial charge on any atom is -0.360 e. The van der Waals surface area contributed by atoms with Gasteiger partial charge in [0.15, 0.2) is 5.43 Å². The van der Waals surface area contributed by atoms with Crippen molar-refractivity contribution in [3.63, 3.8) is 0 Å². The van der Waals surface area contributed by atoms with Gasteiger partial charge < -0.3 is 4.98 Å². The average Bonchev–Trinajstić information content (AvgIpc) is 2.47. The lowest BCUT2D eigenvalue weighted by atomic mass is 10.0. The highest BCUT2D eigenvalue weighted by Gasteiger charge is 2.14. The number of alkyl halides is 2. The fourth-order valence-corrected chi connectivity index (χ4v) is 2.49. The molecule has 0 fully saturated rings. The summed E-state index contributed by atoms with van der Waals surface area (Å²) in [6, 6.07) is 5.89. The van der Waals surface area contributed by atoms with Gasteiger partial charge in [0, 0.05) is 46.7 Å². The first kappa shape index (κ1) is 13.7. The summed E-state index contributed by atoms with van der Waals surface area (Å²) < 4.78 is 25.6. The molecular formula is C15H9ClF2N2O. The van der Waals surface area contributed by atoms with Crippen LogP contribution >= 0.6 is 11.6 Å². The summed E-state index contributed by atoms with van der Waals surface area (Å²) in [4.78, 5) is 18.6. The summed E-state index contributed by atoms with van der Waals surface area (Å²) in [5.41, 5.74) is 1.06. The lowest BCUT2D eigenvalue weighted by molar-refractivity contribution is 0.151. The van der Waals surface area contributed by atoms with E-state index in [1.54, 1.807) is 12.1 Å². The molecule has 0 saturated carbocycles. The van der Waals surface area contributed by atoms with Gasteiger partial charge in [-0.05, 0) is 18.2 Å². The molecule has 3 aromatic rings. The molecule has 0 amide bonds. The summed E-state index contributed by atoms with van der Waals surface area (Å²) in [6.45, 7) is 0. The quantitative estimate of drug-likeness (QED) is 0.772. The van der Waals surface area contributed by atoms with E-state index in [2.05, 4.69) is 9.97 Å². The molecule has 0 atom stereocenters. The van der Waals surface area contributed by atoms with Crippen molar-refractivity contribution in [2.45, 2.75) is 6.43 Å². The smallest absolute Gasteiger partial charge is 0.265 e. The maximum atomic E-state index is 12.8. The standard InChI is InChI=1S/C15H9ClF2N2O/c16-11-2-1-10-12(21)3-4-20-14(10)13(11)8-5-9(15(17)18)7-19-6-8/h1-7,15H,(H,20,21). The highest BCUT2D eigenvalue weighted by Crippen LogP contribution is 2.34. The Hall–Kier alpha value is -2.27. The van der Waals surface area contributed by atoms with Crippen molar-refractivity contribution in [3.8, 4) is 11.1 Å². The number of halogens is 3. The van der Waals surface area contributed by atoms with Crippen molar-refractivity contribution in [2.75, 3.05) is 0 Å². The van der Waals surface area contributed by atoms with Crippen LogP contribution in [-0.2, 0) is 0 Å². The Morgan fingerprint density at radius 1 is 1.19 bits per heavy atom. The van der Waals surface area contributed by atoms with Gasteiger partial charge in [-0.25, -0.2) is 8.78 Å². The molecule has 1 aromatic carbocycles. The van der Waals surface area contributed by atoms with Crippen LogP contribution in [0.25, 0.3) is 22.0 Å². The second-order valence-electron chi connectivity index (χ2n) is 4.49.